The molecule has 96 valence electrons. The van der Waals surface area contributed by atoms with E-state index < -0.39 is 10.0 Å². The first kappa shape index (κ1) is 12.9. The molecule has 5 heteroatoms. The summed E-state index contributed by atoms with van der Waals surface area (Å²) >= 11 is 0. The number of benzene rings is 2. The van der Waals surface area contributed by atoms with E-state index in [1.807, 2.05) is 36.4 Å². The second kappa shape index (κ2) is 5.37. The Hall–Kier alpha value is -1.59. The minimum absolute atomic E-state index is 0.0483. The Morgan fingerprint density at radius 1 is 1.06 bits per heavy atom. The summed E-state index contributed by atoms with van der Waals surface area (Å²) in [6.45, 7) is 0.371. The number of hydrogen-bond donors (Lipinski definition) is 2. The van der Waals surface area contributed by atoms with E-state index in [0.29, 0.717) is 18.7 Å². The lowest BCUT2D eigenvalue weighted by atomic mass is 10.1. The molecular formula is C13H16N2O2S. The number of nitrogens with one attached hydrogen (secondary N) is 1. The maximum Gasteiger partial charge on any atom is 0.232 e. The quantitative estimate of drug-likeness (QED) is 0.866. The lowest BCUT2D eigenvalue weighted by molar-refractivity contribution is 0.599. The van der Waals surface area contributed by atoms with Crippen LogP contribution in [0.15, 0.2) is 42.5 Å². The normalized spacial score (nSPS) is 11.6. The van der Waals surface area contributed by atoms with Crippen molar-refractivity contribution in [1.82, 2.24) is 0 Å². The first-order valence-corrected chi connectivity index (χ1v) is 7.46. The molecule has 2 rings (SSSR count). The highest BCUT2D eigenvalue weighted by Gasteiger charge is 2.11. The zero-order valence-electron chi connectivity index (χ0n) is 9.96. The van der Waals surface area contributed by atoms with Crippen LogP contribution in [0.3, 0.4) is 0 Å². The van der Waals surface area contributed by atoms with E-state index in [1.165, 1.54) is 0 Å². The molecule has 0 radical (unpaired) electrons. The van der Waals surface area contributed by atoms with Crippen LogP contribution in [0.4, 0.5) is 5.69 Å². The third-order valence-corrected chi connectivity index (χ3v) is 4.03. The molecule has 0 heterocycles. The van der Waals surface area contributed by atoms with Crippen molar-refractivity contribution in [2.75, 3.05) is 17.0 Å². The molecule has 18 heavy (non-hydrogen) atoms. The van der Waals surface area contributed by atoms with E-state index in [2.05, 4.69) is 4.72 Å². The molecule has 0 aliphatic heterocycles. The highest BCUT2D eigenvalue weighted by Crippen LogP contribution is 2.23. The fraction of sp³-hybridized carbons (Fsp3) is 0.231. The summed E-state index contributed by atoms with van der Waals surface area (Å²) < 4.78 is 26.3. The van der Waals surface area contributed by atoms with Gasteiger partial charge in [0.25, 0.3) is 0 Å². The number of sulfonamides is 1. The van der Waals surface area contributed by atoms with Gasteiger partial charge in [-0.1, -0.05) is 36.4 Å². The van der Waals surface area contributed by atoms with E-state index >= 15 is 0 Å². The summed E-state index contributed by atoms with van der Waals surface area (Å²) in [5, 5.41) is 1.91. The van der Waals surface area contributed by atoms with Gasteiger partial charge >= 0.3 is 0 Å². The molecule has 0 unspecified atom stereocenters. The fourth-order valence-electron chi connectivity index (χ4n) is 1.81. The number of fused-ring (bicyclic) bond motifs is 1. The molecule has 2 aromatic rings. The number of rotatable bonds is 5. The minimum atomic E-state index is -3.32. The summed E-state index contributed by atoms with van der Waals surface area (Å²) in [6, 6.07) is 13.2. The fourth-order valence-corrected chi connectivity index (χ4v) is 2.97. The maximum atomic E-state index is 11.8. The van der Waals surface area contributed by atoms with Crippen molar-refractivity contribution in [2.24, 2.45) is 5.73 Å². The van der Waals surface area contributed by atoms with Crippen molar-refractivity contribution < 1.29 is 8.42 Å². The van der Waals surface area contributed by atoms with Crippen LogP contribution >= 0.6 is 0 Å². The first-order chi connectivity index (χ1) is 8.62. The van der Waals surface area contributed by atoms with Gasteiger partial charge in [0.1, 0.15) is 0 Å². The zero-order valence-corrected chi connectivity index (χ0v) is 10.8. The average Bonchev–Trinajstić information content (AvgIpc) is 2.37. The third-order valence-electron chi connectivity index (χ3n) is 2.67. The molecule has 0 atom stereocenters. The van der Waals surface area contributed by atoms with Gasteiger partial charge in [0.05, 0.1) is 11.4 Å². The van der Waals surface area contributed by atoms with Gasteiger partial charge in [0.15, 0.2) is 0 Å². The number of hydrogen-bond acceptors (Lipinski definition) is 3. The smallest absolute Gasteiger partial charge is 0.232 e. The van der Waals surface area contributed by atoms with Gasteiger partial charge in [0.2, 0.25) is 10.0 Å². The highest BCUT2D eigenvalue weighted by molar-refractivity contribution is 7.92. The minimum Gasteiger partial charge on any atom is -0.330 e. The van der Waals surface area contributed by atoms with E-state index in [1.54, 1.807) is 6.07 Å². The van der Waals surface area contributed by atoms with Crippen LogP contribution in [0.25, 0.3) is 10.8 Å². The largest absolute Gasteiger partial charge is 0.330 e. The number of nitrogens with two attached hydrogens (primary N) is 1. The van der Waals surface area contributed by atoms with Gasteiger partial charge in [-0.2, -0.15) is 0 Å². The molecule has 3 N–H and O–H groups in total. The van der Waals surface area contributed by atoms with Crippen LogP contribution in [-0.4, -0.2) is 20.7 Å². The molecule has 0 aliphatic carbocycles. The van der Waals surface area contributed by atoms with Gasteiger partial charge in [-0.3, -0.25) is 4.72 Å². The first-order valence-electron chi connectivity index (χ1n) is 5.81. The molecule has 0 saturated carbocycles. The lowest BCUT2D eigenvalue weighted by Crippen LogP contribution is -2.19. The molecule has 0 fully saturated rings. The van der Waals surface area contributed by atoms with Gasteiger partial charge < -0.3 is 5.73 Å². The van der Waals surface area contributed by atoms with Gasteiger partial charge in [-0.25, -0.2) is 8.42 Å². The van der Waals surface area contributed by atoms with Crippen molar-refractivity contribution in [3.8, 4) is 0 Å². The van der Waals surface area contributed by atoms with Crippen molar-refractivity contribution in [1.29, 1.82) is 0 Å². The molecule has 2 aromatic carbocycles. The Labute approximate surface area is 107 Å². The Morgan fingerprint density at radius 2 is 1.78 bits per heavy atom. The summed E-state index contributed by atoms with van der Waals surface area (Å²) in [4.78, 5) is 0. The van der Waals surface area contributed by atoms with E-state index in [9.17, 15) is 8.42 Å². The number of anilines is 1. The molecule has 0 amide bonds. The van der Waals surface area contributed by atoms with E-state index in [0.717, 1.165) is 10.8 Å². The van der Waals surface area contributed by atoms with Crippen molar-refractivity contribution in [2.45, 2.75) is 6.42 Å². The monoisotopic (exact) mass is 264 g/mol. The van der Waals surface area contributed by atoms with Crippen LogP contribution in [0.5, 0.6) is 0 Å². The van der Waals surface area contributed by atoms with E-state index in [4.69, 9.17) is 5.73 Å². The molecule has 0 aliphatic rings. The molecule has 0 spiro atoms. The Kier molecular flexibility index (Phi) is 3.84. The molecule has 0 bridgehead atoms. The molecule has 4 nitrogen and oxygen atoms in total. The van der Waals surface area contributed by atoms with Crippen LogP contribution in [-0.2, 0) is 10.0 Å². The average molecular weight is 264 g/mol. The Balaban J connectivity index is 2.32. The van der Waals surface area contributed by atoms with Crippen LogP contribution in [0.2, 0.25) is 0 Å². The van der Waals surface area contributed by atoms with Crippen LogP contribution in [0, 0.1) is 0 Å². The standard InChI is InChI=1S/C13H16N2O2S/c14-9-4-10-18(16,17)15-13-8-3-6-11-5-1-2-7-12(11)13/h1-3,5-8,15H,4,9-10,14H2. The van der Waals surface area contributed by atoms with Crippen LogP contribution < -0.4 is 10.5 Å². The Morgan fingerprint density at radius 3 is 2.56 bits per heavy atom. The second-order valence-corrected chi connectivity index (χ2v) is 5.93. The predicted molar refractivity (Wildman–Crippen MR) is 75.0 cm³/mol. The van der Waals surface area contributed by atoms with Gasteiger partial charge in [-0.05, 0) is 24.4 Å². The summed E-state index contributed by atoms with van der Waals surface area (Å²) in [5.41, 5.74) is 5.94. The lowest BCUT2D eigenvalue weighted by Gasteiger charge is -2.10. The Bertz CT molecular complexity index is 633. The van der Waals surface area contributed by atoms with Gasteiger partial charge in [-0.15, -0.1) is 0 Å². The van der Waals surface area contributed by atoms with Crippen LogP contribution in [0.1, 0.15) is 6.42 Å². The van der Waals surface area contributed by atoms with Crippen molar-refractivity contribution >= 4 is 26.5 Å². The SMILES string of the molecule is NCCCS(=O)(=O)Nc1cccc2ccccc12. The predicted octanol–water partition coefficient (Wildman–Crippen LogP) is 1.93. The van der Waals surface area contributed by atoms with Crippen molar-refractivity contribution in [3.05, 3.63) is 42.5 Å². The molecule has 0 saturated heterocycles. The van der Waals surface area contributed by atoms with Crippen molar-refractivity contribution in [3.63, 3.8) is 0 Å². The molecule has 0 aromatic heterocycles. The summed E-state index contributed by atoms with van der Waals surface area (Å²) in [6.07, 6.45) is 0.458. The molecular weight excluding hydrogens is 248 g/mol. The zero-order chi connectivity index (χ0) is 13.0. The third kappa shape index (κ3) is 3.00. The highest BCUT2D eigenvalue weighted by atomic mass is 32.2. The van der Waals surface area contributed by atoms with E-state index in [-0.39, 0.29) is 5.75 Å². The summed E-state index contributed by atoms with van der Waals surface area (Å²) in [5.74, 6) is 0.0483. The topological polar surface area (TPSA) is 72.2 Å². The maximum absolute atomic E-state index is 11.8. The van der Waals surface area contributed by atoms with Gasteiger partial charge in [0, 0.05) is 5.39 Å². The summed E-state index contributed by atoms with van der Waals surface area (Å²) in [7, 11) is -3.32. The second-order valence-electron chi connectivity index (χ2n) is 4.09.